The van der Waals surface area contributed by atoms with Crippen LogP contribution in [0.2, 0.25) is 0 Å². The molecule has 0 radical (unpaired) electrons. The zero-order valence-electron chi connectivity index (χ0n) is 29.5. The van der Waals surface area contributed by atoms with E-state index >= 15 is 0 Å². The van der Waals surface area contributed by atoms with Crippen molar-refractivity contribution in [3.8, 4) is 0 Å². The van der Waals surface area contributed by atoms with Crippen LogP contribution in [0.25, 0.3) is 11.2 Å². The second-order valence-electron chi connectivity index (χ2n) is 14.5. The Bertz CT molecular complexity index is 2170. The van der Waals surface area contributed by atoms with Crippen LogP contribution in [0.4, 0.5) is 29.0 Å². The third-order valence-electron chi connectivity index (χ3n) is 11.0. The van der Waals surface area contributed by atoms with Crippen LogP contribution in [-0.2, 0) is 22.7 Å². The fourth-order valence-corrected chi connectivity index (χ4v) is 8.23. The average Bonchev–Trinajstić information content (AvgIpc) is 3.90. The van der Waals surface area contributed by atoms with Gasteiger partial charge in [0.1, 0.15) is 11.6 Å². The lowest BCUT2D eigenvalue weighted by Crippen LogP contribution is -2.52. The fraction of sp³-hybridized carbons (Fsp3) is 0.350. The van der Waals surface area contributed by atoms with Crippen LogP contribution in [0, 0.1) is 0 Å². The predicted octanol–water partition coefficient (Wildman–Crippen LogP) is 5.51. The molecule has 1 saturated carbocycles. The first-order chi connectivity index (χ1) is 25.9. The van der Waals surface area contributed by atoms with Crippen LogP contribution < -0.4 is 20.9 Å². The second kappa shape index (κ2) is 14.0. The molecule has 53 heavy (non-hydrogen) atoms. The number of hydrogen-bond donors (Lipinski definition) is 3. The molecule has 270 valence electrons. The van der Waals surface area contributed by atoms with Crippen LogP contribution in [0.1, 0.15) is 66.1 Å². The highest BCUT2D eigenvalue weighted by Crippen LogP contribution is 2.36. The number of anilines is 5. The molecule has 3 fully saturated rings. The molecule has 5 aromatic rings. The first-order valence-corrected chi connectivity index (χ1v) is 18.6. The first kappa shape index (κ1) is 33.0. The van der Waals surface area contributed by atoms with Gasteiger partial charge in [-0.3, -0.25) is 29.2 Å². The molecule has 3 amide bonds. The fourth-order valence-electron chi connectivity index (χ4n) is 8.23. The van der Waals surface area contributed by atoms with E-state index in [-0.39, 0.29) is 24.1 Å². The number of piperazine rings is 1. The number of carbonyl (C=O) groups is 3. The Morgan fingerprint density at radius 1 is 0.811 bits per heavy atom. The number of imidazole rings is 1. The summed E-state index contributed by atoms with van der Waals surface area (Å²) in [6.45, 7) is 4.84. The van der Waals surface area contributed by atoms with E-state index in [9.17, 15) is 14.4 Å². The number of fused-ring (bicyclic) bond motifs is 2. The van der Waals surface area contributed by atoms with Crippen molar-refractivity contribution in [2.45, 2.75) is 63.7 Å². The maximum Gasteiger partial charge on any atom is 0.255 e. The number of carbonyl (C=O) groups excluding carboxylic acids is 3. The second-order valence-corrected chi connectivity index (χ2v) is 14.5. The molecule has 1 atom stereocenters. The smallest absolute Gasteiger partial charge is 0.255 e. The highest BCUT2D eigenvalue weighted by Gasteiger charge is 2.39. The first-order valence-electron chi connectivity index (χ1n) is 18.6. The average molecular weight is 711 g/mol. The van der Waals surface area contributed by atoms with Crippen molar-refractivity contribution >= 4 is 57.8 Å². The minimum Gasteiger partial charge on any atom is -0.369 e. The quantitative estimate of drug-likeness (QED) is 0.168. The minimum atomic E-state index is -0.597. The molecule has 5 heterocycles. The van der Waals surface area contributed by atoms with Crippen molar-refractivity contribution in [3.05, 3.63) is 95.7 Å². The number of rotatable bonds is 9. The number of piperidine rings is 1. The van der Waals surface area contributed by atoms with E-state index in [1.54, 1.807) is 11.1 Å². The van der Waals surface area contributed by atoms with Crippen molar-refractivity contribution in [2.24, 2.45) is 0 Å². The van der Waals surface area contributed by atoms with Crippen molar-refractivity contribution in [2.75, 3.05) is 41.7 Å². The summed E-state index contributed by atoms with van der Waals surface area (Å²) in [5.74, 6) is 0.551. The van der Waals surface area contributed by atoms with Gasteiger partial charge in [-0.05, 0) is 72.9 Å². The zero-order chi connectivity index (χ0) is 35.9. The Balaban J connectivity index is 0.818. The van der Waals surface area contributed by atoms with E-state index in [0.717, 1.165) is 85.2 Å². The number of nitrogens with one attached hydrogen (secondary N) is 3. The van der Waals surface area contributed by atoms with Crippen molar-refractivity contribution in [1.82, 2.24) is 34.6 Å². The third-order valence-corrected chi connectivity index (χ3v) is 11.0. The molecule has 13 nitrogen and oxygen atoms in total. The number of nitrogens with zero attached hydrogens (tertiary/aromatic N) is 7. The van der Waals surface area contributed by atoms with Gasteiger partial charge in [-0.25, -0.2) is 9.97 Å². The van der Waals surface area contributed by atoms with Crippen LogP contribution in [0.5, 0.6) is 0 Å². The van der Waals surface area contributed by atoms with E-state index in [1.807, 2.05) is 42.5 Å². The Hall–Kier alpha value is -5.82. The maximum absolute atomic E-state index is 13.1. The molecule has 2 saturated heterocycles. The van der Waals surface area contributed by atoms with E-state index in [2.05, 4.69) is 65.6 Å². The summed E-state index contributed by atoms with van der Waals surface area (Å²) in [6.07, 6.45) is 7.06. The molecule has 1 aliphatic carbocycles. The lowest BCUT2D eigenvalue weighted by molar-refractivity contribution is -0.136. The van der Waals surface area contributed by atoms with E-state index in [4.69, 9.17) is 9.97 Å². The van der Waals surface area contributed by atoms with Gasteiger partial charge in [0.25, 0.3) is 5.91 Å². The predicted molar refractivity (Wildman–Crippen MR) is 202 cm³/mol. The van der Waals surface area contributed by atoms with Crippen LogP contribution >= 0.6 is 0 Å². The van der Waals surface area contributed by atoms with Gasteiger partial charge < -0.3 is 20.4 Å². The SMILES string of the molecule is O=C1CCC(N2Cc3cc(CN4CCN(c5ccc(Nc6ncc7nc(Nc8ccccc8)n(C8CCCC8)c7n6)cc5)CC4)ccc3C2=O)C(=O)N1. The molecular formula is C40H42N10O3. The summed E-state index contributed by atoms with van der Waals surface area (Å²) < 4.78 is 2.26. The summed E-state index contributed by atoms with van der Waals surface area (Å²) in [5.41, 5.74) is 7.45. The van der Waals surface area contributed by atoms with Crippen LogP contribution in [0.3, 0.4) is 0 Å². The standard InChI is InChI=1S/C40H42N10O3/c51-35-17-16-34(37(52)45-35)49-25-27-22-26(10-15-32(27)38(49)53)24-47-18-20-48(21-19-47)30-13-11-29(12-14-30)42-39-41-23-33-36(46-39)50(31-8-4-5-9-31)40(44-33)43-28-6-2-1-3-7-28/h1-3,6-7,10-15,22-23,31,34H,4-5,8-9,16-21,24-25H2,(H,43,44)(H,41,42,46)(H,45,51,52). The third kappa shape index (κ3) is 6.68. The Morgan fingerprint density at radius 2 is 1.58 bits per heavy atom. The topological polar surface area (TPSA) is 141 Å². The van der Waals surface area contributed by atoms with Gasteiger partial charge in [0.15, 0.2) is 5.65 Å². The largest absolute Gasteiger partial charge is 0.369 e. The molecule has 0 bridgehead atoms. The van der Waals surface area contributed by atoms with Gasteiger partial charge in [0, 0.05) is 74.4 Å². The molecule has 1 unspecified atom stereocenters. The van der Waals surface area contributed by atoms with Crippen LogP contribution in [0.15, 0.2) is 79.0 Å². The number of hydrogen-bond acceptors (Lipinski definition) is 10. The number of aromatic nitrogens is 4. The van der Waals surface area contributed by atoms with Gasteiger partial charge in [-0.2, -0.15) is 4.98 Å². The number of benzene rings is 3. The van der Waals surface area contributed by atoms with Crippen molar-refractivity contribution in [3.63, 3.8) is 0 Å². The van der Waals surface area contributed by atoms with E-state index in [0.29, 0.717) is 30.5 Å². The number of amides is 3. The lowest BCUT2D eigenvalue weighted by atomic mass is 10.0. The molecule has 3 N–H and O–H groups in total. The van der Waals surface area contributed by atoms with E-state index < -0.39 is 6.04 Å². The summed E-state index contributed by atoms with van der Waals surface area (Å²) in [5, 5.41) is 9.30. The highest BCUT2D eigenvalue weighted by atomic mass is 16.2. The molecule has 0 spiro atoms. The molecule has 9 rings (SSSR count). The molecular weight excluding hydrogens is 669 g/mol. The monoisotopic (exact) mass is 710 g/mol. The van der Waals surface area contributed by atoms with Crippen LogP contribution in [-0.4, -0.2) is 79.3 Å². The minimum absolute atomic E-state index is 0.137. The highest BCUT2D eigenvalue weighted by molar-refractivity contribution is 6.05. The van der Waals surface area contributed by atoms with Crippen molar-refractivity contribution in [1.29, 1.82) is 0 Å². The zero-order valence-corrected chi connectivity index (χ0v) is 29.5. The molecule has 2 aromatic heterocycles. The maximum atomic E-state index is 13.1. The summed E-state index contributed by atoms with van der Waals surface area (Å²) in [6, 6.07) is 24.3. The molecule has 4 aliphatic rings. The molecule has 13 heteroatoms. The number of imide groups is 1. The molecule has 3 aliphatic heterocycles. The van der Waals surface area contributed by atoms with Gasteiger partial charge in [0.05, 0.1) is 6.20 Å². The Kier molecular flexibility index (Phi) is 8.70. The Morgan fingerprint density at radius 3 is 2.36 bits per heavy atom. The molecule has 3 aromatic carbocycles. The number of para-hydroxylation sites is 1. The summed E-state index contributed by atoms with van der Waals surface area (Å²) in [4.78, 5) is 58.0. The normalized spacial score (nSPS) is 19.5. The Labute approximate surface area is 307 Å². The van der Waals surface area contributed by atoms with Gasteiger partial charge in [0.2, 0.25) is 23.7 Å². The summed E-state index contributed by atoms with van der Waals surface area (Å²) >= 11 is 0. The van der Waals surface area contributed by atoms with Gasteiger partial charge in [-0.1, -0.05) is 43.2 Å². The van der Waals surface area contributed by atoms with E-state index in [1.165, 1.54) is 18.5 Å². The lowest BCUT2D eigenvalue weighted by Gasteiger charge is -2.36. The summed E-state index contributed by atoms with van der Waals surface area (Å²) in [7, 11) is 0. The van der Waals surface area contributed by atoms with Gasteiger partial charge >= 0.3 is 0 Å². The van der Waals surface area contributed by atoms with Gasteiger partial charge in [-0.15, -0.1) is 0 Å². The van der Waals surface area contributed by atoms with Crippen molar-refractivity contribution < 1.29 is 14.4 Å².